The van der Waals surface area contributed by atoms with Crippen molar-refractivity contribution in [3.8, 4) is 6.57 Å². The summed E-state index contributed by atoms with van der Waals surface area (Å²) < 4.78 is 0. The van der Waals surface area contributed by atoms with E-state index >= 15 is 0 Å². The van der Waals surface area contributed by atoms with Crippen molar-refractivity contribution in [1.82, 2.24) is 0 Å². The number of aliphatic hydroxyl groups is 1. The highest BCUT2D eigenvalue weighted by molar-refractivity contribution is 5.21. The van der Waals surface area contributed by atoms with Crippen molar-refractivity contribution < 1.29 is 5.11 Å². The van der Waals surface area contributed by atoms with Gasteiger partial charge in [-0.15, -0.1) is 0 Å². The topological polar surface area (TPSA) is 24.6 Å². The van der Waals surface area contributed by atoms with Gasteiger partial charge >= 0.3 is 6.04 Å². The van der Waals surface area contributed by atoms with Crippen molar-refractivity contribution in [1.29, 1.82) is 0 Å². The van der Waals surface area contributed by atoms with Gasteiger partial charge in [0.1, 0.15) is 6.61 Å². The van der Waals surface area contributed by atoms with E-state index in [-0.39, 0.29) is 12.6 Å². The summed E-state index contributed by atoms with van der Waals surface area (Å²) in [4.78, 5) is 3.53. The van der Waals surface area contributed by atoms with Crippen molar-refractivity contribution in [3.63, 3.8) is 0 Å². The second-order valence-electron chi connectivity index (χ2n) is 2.26. The first kappa shape index (κ1) is 7.77. The fraction of sp³-hybridized carbons (Fsp3) is 0.222. The molecule has 0 aliphatic heterocycles. The molecule has 0 aromatic heterocycles. The average Bonchev–Trinajstić information content (AvgIpc) is 2.09. The van der Waals surface area contributed by atoms with Gasteiger partial charge in [0, 0.05) is 5.56 Å². The molecule has 2 heteroatoms. The highest BCUT2D eigenvalue weighted by Crippen LogP contribution is 2.14. The molecule has 1 aromatic carbocycles. The molecule has 0 fully saturated rings. The molecule has 0 bridgehead atoms. The molecule has 1 rings (SSSR count). The number of rotatable bonds is 2. The van der Waals surface area contributed by atoms with Crippen LogP contribution in [0.1, 0.15) is 11.6 Å². The number of nitrogens with zero attached hydrogens (tertiary/aromatic N) is 1. The number of benzene rings is 1. The summed E-state index contributed by atoms with van der Waals surface area (Å²) in [6, 6.07) is 9.19. The summed E-state index contributed by atoms with van der Waals surface area (Å²) in [5, 5.41) is 8.81. The molecule has 0 aliphatic carbocycles. The Morgan fingerprint density at radius 3 is 2.45 bits per heavy atom. The van der Waals surface area contributed by atoms with E-state index in [1.807, 2.05) is 30.3 Å². The summed E-state index contributed by atoms with van der Waals surface area (Å²) in [6.07, 6.45) is 0. The molecule has 56 valence electrons. The van der Waals surface area contributed by atoms with Crippen LogP contribution in [-0.2, 0) is 0 Å². The average molecular weight is 148 g/mol. The standard InChI is InChI=1S/C9H10NO/c1-10-9(7-11)8-5-3-2-4-6-8/h1-6,9,11H,7H2/q+1. The molecule has 1 unspecified atom stereocenters. The van der Waals surface area contributed by atoms with Crippen LogP contribution >= 0.6 is 0 Å². The minimum atomic E-state index is -0.281. The van der Waals surface area contributed by atoms with Gasteiger partial charge in [-0.2, -0.15) is 0 Å². The van der Waals surface area contributed by atoms with E-state index < -0.39 is 0 Å². The predicted octanol–water partition coefficient (Wildman–Crippen LogP) is 1.68. The molecule has 0 amide bonds. The first-order valence-electron chi connectivity index (χ1n) is 3.44. The fourth-order valence-corrected chi connectivity index (χ4v) is 0.914. The molecule has 2 nitrogen and oxygen atoms in total. The van der Waals surface area contributed by atoms with E-state index in [1.54, 1.807) is 0 Å². The van der Waals surface area contributed by atoms with E-state index in [0.29, 0.717) is 0 Å². The van der Waals surface area contributed by atoms with Gasteiger partial charge in [0.15, 0.2) is 0 Å². The lowest BCUT2D eigenvalue weighted by Gasteiger charge is -1.95. The molecule has 1 N–H and O–H groups in total. The number of hydrogen-bond donors (Lipinski definition) is 1. The van der Waals surface area contributed by atoms with Crippen LogP contribution < -0.4 is 0 Å². The lowest BCUT2D eigenvalue weighted by atomic mass is 10.1. The predicted molar refractivity (Wildman–Crippen MR) is 44.6 cm³/mol. The Labute approximate surface area is 65.9 Å². The zero-order valence-electron chi connectivity index (χ0n) is 6.14. The maximum Gasteiger partial charge on any atom is 0.319 e. The first-order valence-corrected chi connectivity index (χ1v) is 3.44. The van der Waals surface area contributed by atoms with Crippen LogP contribution in [0.25, 0.3) is 4.85 Å². The molecule has 0 aliphatic rings. The second-order valence-corrected chi connectivity index (χ2v) is 2.26. The molecule has 1 aromatic rings. The van der Waals surface area contributed by atoms with Crippen LogP contribution in [0.2, 0.25) is 0 Å². The Morgan fingerprint density at radius 2 is 2.00 bits per heavy atom. The second kappa shape index (κ2) is 3.75. The van der Waals surface area contributed by atoms with E-state index in [2.05, 4.69) is 4.85 Å². The van der Waals surface area contributed by atoms with Crippen LogP contribution in [0.3, 0.4) is 0 Å². The Bertz CT molecular complexity index is 250. The Hall–Kier alpha value is -1.33. The molecule has 0 spiro atoms. The smallest absolute Gasteiger partial charge is 0.319 e. The van der Waals surface area contributed by atoms with E-state index in [9.17, 15) is 0 Å². The molecule has 1 atom stereocenters. The van der Waals surface area contributed by atoms with Crippen molar-refractivity contribution in [2.24, 2.45) is 0 Å². The summed E-state index contributed by atoms with van der Waals surface area (Å²) >= 11 is 0. The fourth-order valence-electron chi connectivity index (χ4n) is 0.914. The van der Waals surface area contributed by atoms with Gasteiger partial charge in [-0.25, -0.2) is 0 Å². The summed E-state index contributed by atoms with van der Waals surface area (Å²) in [5.41, 5.74) is 0.942. The van der Waals surface area contributed by atoms with Crippen molar-refractivity contribution in [2.75, 3.05) is 6.61 Å². The van der Waals surface area contributed by atoms with Crippen molar-refractivity contribution in [2.45, 2.75) is 6.04 Å². The van der Waals surface area contributed by atoms with Gasteiger partial charge in [0.2, 0.25) is 0 Å². The Kier molecular flexibility index (Phi) is 2.65. The number of aliphatic hydroxyl groups excluding tert-OH is 1. The normalized spacial score (nSPS) is 12.0. The van der Waals surface area contributed by atoms with Crippen LogP contribution in [0.5, 0.6) is 0 Å². The van der Waals surface area contributed by atoms with Gasteiger partial charge in [0.25, 0.3) is 6.57 Å². The third-order valence-corrected chi connectivity index (χ3v) is 1.54. The molecule has 0 saturated carbocycles. The van der Waals surface area contributed by atoms with Crippen LogP contribution in [0.4, 0.5) is 0 Å². The highest BCUT2D eigenvalue weighted by atomic mass is 16.3. The van der Waals surface area contributed by atoms with Crippen molar-refractivity contribution >= 4 is 0 Å². The zero-order chi connectivity index (χ0) is 8.10. The zero-order valence-corrected chi connectivity index (χ0v) is 6.14. The van der Waals surface area contributed by atoms with Crippen LogP contribution in [-0.4, -0.2) is 11.7 Å². The molecular weight excluding hydrogens is 138 g/mol. The third-order valence-electron chi connectivity index (χ3n) is 1.54. The molecule has 0 heterocycles. The molecule has 0 radical (unpaired) electrons. The van der Waals surface area contributed by atoms with E-state index in [0.717, 1.165) is 5.56 Å². The molecular formula is C9H10NO+. The maximum atomic E-state index is 8.81. The maximum absolute atomic E-state index is 8.81. The Balaban J connectivity index is 2.85. The van der Waals surface area contributed by atoms with Crippen LogP contribution in [0.15, 0.2) is 30.3 Å². The Morgan fingerprint density at radius 1 is 1.36 bits per heavy atom. The van der Waals surface area contributed by atoms with Gasteiger partial charge in [-0.1, -0.05) is 35.2 Å². The van der Waals surface area contributed by atoms with Crippen molar-refractivity contribution in [3.05, 3.63) is 40.7 Å². The van der Waals surface area contributed by atoms with Gasteiger partial charge in [-0.05, 0) is 0 Å². The first-order chi connectivity index (χ1) is 5.38. The quantitative estimate of drug-likeness (QED) is 0.678. The lowest BCUT2D eigenvalue weighted by molar-refractivity contribution is 0.283. The van der Waals surface area contributed by atoms with Crippen LogP contribution in [0, 0.1) is 6.57 Å². The minimum Gasteiger partial charge on any atom is -0.388 e. The lowest BCUT2D eigenvalue weighted by Crippen LogP contribution is -1.97. The van der Waals surface area contributed by atoms with Gasteiger partial charge in [-0.3, -0.25) is 0 Å². The summed E-state index contributed by atoms with van der Waals surface area (Å²) in [7, 11) is 0. The SMILES string of the molecule is C#[N+]C(CO)c1ccccc1. The molecule has 0 saturated heterocycles. The van der Waals surface area contributed by atoms with Gasteiger partial charge < -0.3 is 5.11 Å². The summed E-state index contributed by atoms with van der Waals surface area (Å²) in [6.45, 7) is 5.04. The van der Waals surface area contributed by atoms with Gasteiger partial charge in [0.05, 0.1) is 0 Å². The number of hydrogen-bond acceptors (Lipinski definition) is 1. The van der Waals surface area contributed by atoms with E-state index in [1.165, 1.54) is 0 Å². The molecule has 11 heavy (non-hydrogen) atoms. The highest BCUT2D eigenvalue weighted by Gasteiger charge is 2.16. The largest absolute Gasteiger partial charge is 0.388 e. The summed E-state index contributed by atoms with van der Waals surface area (Å²) in [5.74, 6) is 0. The monoisotopic (exact) mass is 148 g/mol. The minimum absolute atomic E-state index is 0.0412. The van der Waals surface area contributed by atoms with E-state index in [4.69, 9.17) is 11.7 Å². The third kappa shape index (κ3) is 1.79.